The number of nitrogens with one attached hydrogen (secondary N) is 2. The van der Waals surface area contributed by atoms with Gasteiger partial charge < -0.3 is 5.32 Å². The molecule has 1 unspecified atom stereocenters. The summed E-state index contributed by atoms with van der Waals surface area (Å²) in [6.07, 6.45) is 7.88. The van der Waals surface area contributed by atoms with E-state index in [1.54, 1.807) is 12.4 Å². The van der Waals surface area contributed by atoms with E-state index in [1.165, 1.54) is 11.8 Å². The number of carbonyl (C=O) groups is 1. The van der Waals surface area contributed by atoms with Gasteiger partial charge in [0, 0.05) is 12.4 Å². The smallest absolute Gasteiger partial charge is 0.270 e. The Bertz CT molecular complexity index is 777. The van der Waals surface area contributed by atoms with Crippen molar-refractivity contribution < 1.29 is 4.79 Å². The van der Waals surface area contributed by atoms with Crippen LogP contribution in [0.5, 0.6) is 0 Å². The van der Waals surface area contributed by atoms with Gasteiger partial charge in [0.25, 0.3) is 5.56 Å². The van der Waals surface area contributed by atoms with Gasteiger partial charge in [-0.2, -0.15) is 0 Å². The Labute approximate surface area is 137 Å². The van der Waals surface area contributed by atoms with Crippen LogP contribution in [0.15, 0.2) is 29.3 Å². The highest BCUT2D eigenvalue weighted by Gasteiger charge is 2.32. The minimum absolute atomic E-state index is 0.0617. The molecule has 0 saturated heterocycles. The highest BCUT2D eigenvalue weighted by Crippen LogP contribution is 2.41. The van der Waals surface area contributed by atoms with Crippen molar-refractivity contribution >= 4 is 23.5 Å². The Hall–Kier alpha value is -2.02. The predicted molar refractivity (Wildman–Crippen MR) is 89.7 cm³/mol. The molecule has 7 heteroatoms. The molecule has 0 spiro atoms. The Kier molecular flexibility index (Phi) is 3.72. The van der Waals surface area contributed by atoms with Crippen LogP contribution >= 0.6 is 11.8 Å². The fourth-order valence-corrected chi connectivity index (χ4v) is 4.58. The minimum Gasteiger partial charge on any atom is -0.310 e. The van der Waals surface area contributed by atoms with Gasteiger partial charge in [0.2, 0.25) is 5.91 Å². The molecular weight excluding hydrogens is 312 g/mol. The number of rotatable bonds is 2. The summed E-state index contributed by atoms with van der Waals surface area (Å²) in [5.41, 5.74) is 1.47. The molecule has 4 rings (SSSR count). The number of pyridine rings is 1. The quantitative estimate of drug-likeness (QED) is 0.886. The first-order chi connectivity index (χ1) is 11.2. The lowest BCUT2D eigenvalue weighted by Gasteiger charge is -2.16. The number of hydrogen-bond donors (Lipinski definition) is 2. The van der Waals surface area contributed by atoms with E-state index in [0.29, 0.717) is 17.1 Å². The third-order valence-corrected chi connectivity index (χ3v) is 5.81. The molecule has 1 aliphatic carbocycles. The van der Waals surface area contributed by atoms with E-state index >= 15 is 0 Å². The van der Waals surface area contributed by atoms with Crippen LogP contribution in [0.4, 0.5) is 5.82 Å². The standard InChI is InChI=1S/C16H18N4O2S/c21-12-9-23-14(10-4-3-7-17-8-10)13-15(18-12)20(19-16(13)22)11-5-1-2-6-11/h3-4,7-8,11,14H,1-2,5-6,9H2,(H,18,21)(H,19,22). The number of anilines is 1. The van der Waals surface area contributed by atoms with Gasteiger partial charge in [-0.15, -0.1) is 11.8 Å². The molecule has 0 bridgehead atoms. The SMILES string of the molecule is O=C1CSC(c2cccnc2)c2c(n(C3CCCC3)[nH]c2=O)N1. The van der Waals surface area contributed by atoms with Crippen molar-refractivity contribution in [2.24, 2.45) is 0 Å². The van der Waals surface area contributed by atoms with Gasteiger partial charge in [0.15, 0.2) is 0 Å². The summed E-state index contributed by atoms with van der Waals surface area (Å²) in [5, 5.41) is 5.72. The summed E-state index contributed by atoms with van der Waals surface area (Å²) in [6, 6.07) is 4.08. The predicted octanol–water partition coefficient (Wildman–Crippen LogP) is 2.46. The van der Waals surface area contributed by atoms with Crippen molar-refractivity contribution in [2.75, 3.05) is 11.1 Å². The number of H-pyrrole nitrogens is 1. The van der Waals surface area contributed by atoms with Gasteiger partial charge in [-0.1, -0.05) is 18.9 Å². The number of carbonyl (C=O) groups excluding carboxylic acids is 1. The zero-order valence-corrected chi connectivity index (χ0v) is 13.4. The largest absolute Gasteiger partial charge is 0.310 e. The van der Waals surface area contributed by atoms with Crippen molar-refractivity contribution in [3.8, 4) is 0 Å². The number of aromatic amines is 1. The van der Waals surface area contributed by atoms with Crippen LogP contribution in [-0.4, -0.2) is 26.4 Å². The van der Waals surface area contributed by atoms with E-state index in [4.69, 9.17) is 0 Å². The summed E-state index contributed by atoms with van der Waals surface area (Å²) in [4.78, 5) is 28.9. The van der Waals surface area contributed by atoms with Gasteiger partial charge in [-0.05, 0) is 24.5 Å². The molecule has 0 radical (unpaired) electrons. The molecule has 23 heavy (non-hydrogen) atoms. The number of amides is 1. The van der Waals surface area contributed by atoms with Crippen LogP contribution < -0.4 is 10.9 Å². The monoisotopic (exact) mass is 330 g/mol. The minimum atomic E-state index is -0.177. The van der Waals surface area contributed by atoms with E-state index in [1.807, 2.05) is 16.8 Å². The zero-order chi connectivity index (χ0) is 15.8. The molecule has 2 aromatic heterocycles. The molecule has 3 heterocycles. The number of nitrogens with zero attached hydrogens (tertiary/aromatic N) is 2. The van der Waals surface area contributed by atoms with E-state index in [2.05, 4.69) is 15.4 Å². The van der Waals surface area contributed by atoms with Crippen LogP contribution in [0.3, 0.4) is 0 Å². The average Bonchev–Trinajstić information content (AvgIpc) is 3.14. The molecule has 2 aliphatic rings. The Morgan fingerprint density at radius 3 is 2.83 bits per heavy atom. The van der Waals surface area contributed by atoms with Gasteiger partial charge in [0.1, 0.15) is 5.82 Å². The lowest BCUT2D eigenvalue weighted by Crippen LogP contribution is -2.18. The maximum Gasteiger partial charge on any atom is 0.270 e. The van der Waals surface area contributed by atoms with E-state index < -0.39 is 0 Å². The van der Waals surface area contributed by atoms with Gasteiger partial charge in [-0.3, -0.25) is 24.4 Å². The third-order valence-electron chi connectivity index (χ3n) is 4.54. The summed E-state index contributed by atoms with van der Waals surface area (Å²) in [5.74, 6) is 0.914. The van der Waals surface area contributed by atoms with Crippen molar-refractivity contribution in [1.29, 1.82) is 0 Å². The van der Waals surface area contributed by atoms with Crippen molar-refractivity contribution in [3.05, 3.63) is 46.0 Å². The van der Waals surface area contributed by atoms with Gasteiger partial charge in [0.05, 0.1) is 22.6 Å². The summed E-state index contributed by atoms with van der Waals surface area (Å²) in [7, 11) is 0. The molecule has 1 saturated carbocycles. The second-order valence-electron chi connectivity index (χ2n) is 6.04. The van der Waals surface area contributed by atoms with Crippen molar-refractivity contribution in [2.45, 2.75) is 37.0 Å². The summed E-state index contributed by atoms with van der Waals surface area (Å²) >= 11 is 1.47. The van der Waals surface area contributed by atoms with E-state index in [-0.39, 0.29) is 22.8 Å². The van der Waals surface area contributed by atoms with Crippen LogP contribution in [0.2, 0.25) is 0 Å². The number of thioether (sulfide) groups is 1. The second-order valence-corrected chi connectivity index (χ2v) is 7.13. The molecule has 120 valence electrons. The Morgan fingerprint density at radius 2 is 2.09 bits per heavy atom. The Balaban J connectivity index is 1.85. The highest BCUT2D eigenvalue weighted by molar-refractivity contribution is 8.00. The van der Waals surface area contributed by atoms with E-state index in [0.717, 1.165) is 31.2 Å². The van der Waals surface area contributed by atoms with Gasteiger partial charge >= 0.3 is 0 Å². The number of hydrogen-bond acceptors (Lipinski definition) is 4. The first-order valence-corrected chi connectivity index (χ1v) is 8.94. The first kappa shape index (κ1) is 14.6. The molecule has 2 N–H and O–H groups in total. The van der Waals surface area contributed by atoms with Crippen LogP contribution in [0.1, 0.15) is 48.1 Å². The summed E-state index contributed by atoms with van der Waals surface area (Å²) in [6.45, 7) is 0. The average molecular weight is 330 g/mol. The molecule has 1 fully saturated rings. The molecule has 1 aliphatic heterocycles. The molecule has 1 amide bonds. The molecular formula is C16H18N4O2S. The van der Waals surface area contributed by atoms with Crippen LogP contribution in [0, 0.1) is 0 Å². The molecule has 0 aromatic carbocycles. The number of aromatic nitrogens is 3. The first-order valence-electron chi connectivity index (χ1n) is 7.90. The highest BCUT2D eigenvalue weighted by atomic mass is 32.2. The van der Waals surface area contributed by atoms with Crippen LogP contribution in [0.25, 0.3) is 0 Å². The topological polar surface area (TPSA) is 79.8 Å². The van der Waals surface area contributed by atoms with Crippen LogP contribution in [-0.2, 0) is 4.79 Å². The van der Waals surface area contributed by atoms with Crippen molar-refractivity contribution in [3.63, 3.8) is 0 Å². The fraction of sp³-hybridized carbons (Fsp3) is 0.438. The van der Waals surface area contributed by atoms with Gasteiger partial charge in [-0.25, -0.2) is 0 Å². The number of fused-ring (bicyclic) bond motifs is 1. The maximum absolute atomic E-state index is 12.6. The maximum atomic E-state index is 12.6. The third kappa shape index (κ3) is 2.59. The molecule has 1 atom stereocenters. The summed E-state index contributed by atoms with van der Waals surface area (Å²) < 4.78 is 1.89. The molecule has 6 nitrogen and oxygen atoms in total. The lowest BCUT2D eigenvalue weighted by atomic mass is 10.1. The second kappa shape index (κ2) is 5.88. The lowest BCUT2D eigenvalue weighted by molar-refractivity contribution is -0.113. The Morgan fingerprint density at radius 1 is 1.26 bits per heavy atom. The zero-order valence-electron chi connectivity index (χ0n) is 12.6. The fourth-order valence-electron chi connectivity index (χ4n) is 3.47. The normalized spacial score (nSPS) is 21.7. The van der Waals surface area contributed by atoms with Crippen molar-refractivity contribution in [1.82, 2.24) is 14.8 Å². The molecule has 2 aromatic rings. The van der Waals surface area contributed by atoms with E-state index in [9.17, 15) is 9.59 Å².